The number of H-pyrrole nitrogens is 1. The number of nitrogens with zero attached hydrogens (tertiary/aromatic N) is 3. The molecule has 0 bridgehead atoms. The molecule has 0 atom stereocenters. The highest BCUT2D eigenvalue weighted by molar-refractivity contribution is 5.82. The van der Waals surface area contributed by atoms with Crippen LogP contribution in [0.3, 0.4) is 0 Å². The van der Waals surface area contributed by atoms with Crippen LogP contribution in [0.5, 0.6) is 0 Å². The van der Waals surface area contributed by atoms with Crippen molar-refractivity contribution in [1.82, 2.24) is 19.9 Å². The third-order valence-corrected chi connectivity index (χ3v) is 1.68. The van der Waals surface area contributed by atoms with Gasteiger partial charge in [0.05, 0.1) is 0 Å². The molecule has 1 radical (unpaired) electrons. The number of nitrogens with two attached hydrogens (primary N) is 2. The lowest BCUT2D eigenvalue weighted by atomic mass is 10.5. The number of anilines is 2. The molecule has 6 heteroatoms. The Balaban J connectivity index is 2.75. The van der Waals surface area contributed by atoms with Crippen LogP contribution in [0.25, 0.3) is 11.2 Å². The minimum absolute atomic E-state index is 0.132. The summed E-state index contributed by atoms with van der Waals surface area (Å²) < 4.78 is 0. The molecule has 0 aliphatic carbocycles. The molecule has 13 heavy (non-hydrogen) atoms. The van der Waals surface area contributed by atoms with Gasteiger partial charge in [-0.3, -0.25) is 0 Å². The lowest BCUT2D eigenvalue weighted by Gasteiger charge is -1.94. The quantitative estimate of drug-likeness (QED) is 0.563. The van der Waals surface area contributed by atoms with Gasteiger partial charge < -0.3 is 16.5 Å². The first-order valence-electron chi connectivity index (χ1n) is 3.77. The second-order valence-electron chi connectivity index (χ2n) is 2.60. The number of aromatic amines is 1. The van der Waals surface area contributed by atoms with Gasteiger partial charge in [-0.2, -0.15) is 9.97 Å². The van der Waals surface area contributed by atoms with Crippen LogP contribution in [-0.4, -0.2) is 19.9 Å². The number of imidazole rings is 1. The lowest BCUT2D eigenvalue weighted by molar-refractivity contribution is 1.07. The number of hydrogen-bond acceptors (Lipinski definition) is 5. The van der Waals surface area contributed by atoms with Gasteiger partial charge in [0, 0.05) is 6.42 Å². The van der Waals surface area contributed by atoms with Crippen molar-refractivity contribution >= 4 is 22.9 Å². The Hall–Kier alpha value is -1.85. The van der Waals surface area contributed by atoms with E-state index >= 15 is 0 Å². The van der Waals surface area contributed by atoms with Gasteiger partial charge in [-0.25, -0.2) is 4.98 Å². The predicted molar refractivity (Wildman–Crippen MR) is 49.6 cm³/mol. The van der Waals surface area contributed by atoms with Crippen molar-refractivity contribution in [3.05, 3.63) is 12.7 Å². The van der Waals surface area contributed by atoms with Crippen LogP contribution in [0, 0.1) is 6.92 Å². The Bertz CT molecular complexity index is 445. The second-order valence-corrected chi connectivity index (χ2v) is 2.60. The zero-order valence-corrected chi connectivity index (χ0v) is 6.91. The Morgan fingerprint density at radius 1 is 1.23 bits per heavy atom. The Kier molecular flexibility index (Phi) is 1.54. The Labute approximate surface area is 74.4 Å². The molecular weight excluding hydrogens is 168 g/mol. The number of aromatic nitrogens is 4. The molecule has 0 aromatic carbocycles. The van der Waals surface area contributed by atoms with Gasteiger partial charge in [0.25, 0.3) is 0 Å². The molecule has 0 saturated heterocycles. The maximum Gasteiger partial charge on any atom is 0.224 e. The molecule has 0 saturated carbocycles. The molecule has 0 aliphatic rings. The van der Waals surface area contributed by atoms with Crippen LogP contribution >= 0.6 is 0 Å². The molecule has 5 N–H and O–H groups in total. The fraction of sp³-hybridized carbons (Fsp3) is 0.143. The molecule has 0 spiro atoms. The van der Waals surface area contributed by atoms with Gasteiger partial charge in [-0.15, -0.1) is 0 Å². The molecule has 0 fully saturated rings. The van der Waals surface area contributed by atoms with E-state index in [1.165, 1.54) is 0 Å². The summed E-state index contributed by atoms with van der Waals surface area (Å²) >= 11 is 0. The highest BCUT2D eigenvalue weighted by Gasteiger charge is 2.07. The fourth-order valence-corrected chi connectivity index (χ4v) is 1.10. The topological polar surface area (TPSA) is 106 Å². The van der Waals surface area contributed by atoms with E-state index in [1.54, 1.807) is 0 Å². The van der Waals surface area contributed by atoms with Crippen molar-refractivity contribution in [2.24, 2.45) is 0 Å². The van der Waals surface area contributed by atoms with E-state index in [2.05, 4.69) is 26.9 Å². The summed E-state index contributed by atoms with van der Waals surface area (Å²) in [5.41, 5.74) is 12.1. The normalized spacial score (nSPS) is 10.8. The third-order valence-electron chi connectivity index (χ3n) is 1.68. The van der Waals surface area contributed by atoms with E-state index in [0.29, 0.717) is 23.4 Å². The van der Waals surface area contributed by atoms with Crippen molar-refractivity contribution in [2.45, 2.75) is 6.42 Å². The highest BCUT2D eigenvalue weighted by Crippen LogP contribution is 2.15. The standard InChI is InChI=1S/C7H9N6/c1-2-3-10-4-5(8)12-7(9)13-6(4)11-3/h1-2H2,(H5,8,9,10,11,12,13). The van der Waals surface area contributed by atoms with Gasteiger partial charge in [0.1, 0.15) is 11.3 Å². The summed E-state index contributed by atoms with van der Waals surface area (Å²) in [5.74, 6) is 1.17. The van der Waals surface area contributed by atoms with Crippen LogP contribution < -0.4 is 11.5 Å². The average Bonchev–Trinajstić information content (AvgIpc) is 2.47. The maximum absolute atomic E-state index is 5.60. The summed E-state index contributed by atoms with van der Waals surface area (Å²) in [5, 5.41) is 0. The summed E-state index contributed by atoms with van der Waals surface area (Å²) in [6.07, 6.45) is 0.551. The first-order chi connectivity index (χ1) is 6.20. The number of nitrogen functional groups attached to an aromatic ring is 2. The molecular formula is C7H9N6. The van der Waals surface area contributed by atoms with Crippen molar-refractivity contribution in [3.8, 4) is 0 Å². The molecule has 0 unspecified atom stereocenters. The Morgan fingerprint density at radius 2 is 2.00 bits per heavy atom. The molecule has 0 aliphatic heterocycles. The van der Waals surface area contributed by atoms with Gasteiger partial charge >= 0.3 is 0 Å². The zero-order chi connectivity index (χ0) is 9.42. The number of rotatable bonds is 1. The van der Waals surface area contributed by atoms with Crippen LogP contribution in [0.1, 0.15) is 5.82 Å². The molecule has 2 aromatic heterocycles. The third kappa shape index (κ3) is 1.16. The van der Waals surface area contributed by atoms with E-state index in [4.69, 9.17) is 11.5 Å². The van der Waals surface area contributed by atoms with Crippen LogP contribution in [0.2, 0.25) is 0 Å². The summed E-state index contributed by atoms with van der Waals surface area (Å²) in [4.78, 5) is 14.8. The first kappa shape index (κ1) is 7.78. The number of hydrogen-bond donors (Lipinski definition) is 3. The van der Waals surface area contributed by atoms with E-state index in [1.807, 2.05) is 0 Å². The van der Waals surface area contributed by atoms with Gasteiger partial charge in [-0.05, 0) is 6.92 Å². The largest absolute Gasteiger partial charge is 0.382 e. The number of nitrogens with one attached hydrogen (secondary N) is 1. The minimum atomic E-state index is 0.132. The zero-order valence-electron chi connectivity index (χ0n) is 6.91. The Morgan fingerprint density at radius 3 is 2.69 bits per heavy atom. The maximum atomic E-state index is 5.60. The van der Waals surface area contributed by atoms with Crippen molar-refractivity contribution in [2.75, 3.05) is 11.5 Å². The monoisotopic (exact) mass is 177 g/mol. The van der Waals surface area contributed by atoms with Gasteiger partial charge in [-0.1, -0.05) is 0 Å². The van der Waals surface area contributed by atoms with E-state index in [9.17, 15) is 0 Å². The molecule has 2 heterocycles. The van der Waals surface area contributed by atoms with Crippen LogP contribution in [-0.2, 0) is 6.42 Å². The van der Waals surface area contributed by atoms with Crippen LogP contribution in [0.15, 0.2) is 0 Å². The van der Waals surface area contributed by atoms with E-state index in [0.717, 1.165) is 5.82 Å². The average molecular weight is 177 g/mol. The van der Waals surface area contributed by atoms with Crippen LogP contribution in [0.4, 0.5) is 11.8 Å². The molecule has 6 nitrogen and oxygen atoms in total. The van der Waals surface area contributed by atoms with E-state index < -0.39 is 0 Å². The minimum Gasteiger partial charge on any atom is -0.382 e. The molecule has 2 aromatic rings. The first-order valence-corrected chi connectivity index (χ1v) is 3.77. The smallest absolute Gasteiger partial charge is 0.224 e. The van der Waals surface area contributed by atoms with E-state index in [-0.39, 0.29) is 5.95 Å². The fourth-order valence-electron chi connectivity index (χ4n) is 1.10. The summed E-state index contributed by atoms with van der Waals surface area (Å²) in [6, 6.07) is 0. The predicted octanol–water partition coefficient (Wildman–Crippen LogP) is -0.106. The summed E-state index contributed by atoms with van der Waals surface area (Å²) in [6.45, 7) is 3.69. The van der Waals surface area contributed by atoms with Gasteiger partial charge in [0.2, 0.25) is 5.95 Å². The molecule has 67 valence electrons. The highest BCUT2D eigenvalue weighted by atomic mass is 15.1. The second kappa shape index (κ2) is 2.58. The number of fused-ring (bicyclic) bond motifs is 1. The SMILES string of the molecule is [CH2]Cc1nc2nc(N)nc(N)c2[nH]1. The molecule has 0 amide bonds. The lowest BCUT2D eigenvalue weighted by Crippen LogP contribution is -1.99. The molecule has 2 rings (SSSR count). The van der Waals surface area contributed by atoms with Crippen molar-refractivity contribution < 1.29 is 0 Å². The summed E-state index contributed by atoms with van der Waals surface area (Å²) in [7, 11) is 0. The van der Waals surface area contributed by atoms with Crippen molar-refractivity contribution in [1.29, 1.82) is 0 Å². The van der Waals surface area contributed by atoms with Crippen molar-refractivity contribution in [3.63, 3.8) is 0 Å². The van der Waals surface area contributed by atoms with Gasteiger partial charge in [0.15, 0.2) is 11.5 Å².